The zero-order valence-electron chi connectivity index (χ0n) is 9.63. The van der Waals surface area contributed by atoms with Gasteiger partial charge in [-0.05, 0) is 40.2 Å². The normalized spacial score (nSPS) is 36.0. The minimum atomic E-state index is 0.268. The van der Waals surface area contributed by atoms with Gasteiger partial charge in [-0.2, -0.15) is 0 Å². The van der Waals surface area contributed by atoms with E-state index in [0.717, 1.165) is 12.5 Å². The lowest BCUT2D eigenvalue weighted by molar-refractivity contribution is 0.00343. The van der Waals surface area contributed by atoms with Crippen LogP contribution in [0, 0.1) is 5.92 Å². The van der Waals surface area contributed by atoms with Crippen molar-refractivity contribution in [2.75, 3.05) is 20.2 Å². The van der Waals surface area contributed by atoms with Crippen LogP contribution in [-0.2, 0) is 4.74 Å². The first kappa shape index (κ1) is 11.0. The van der Waals surface area contributed by atoms with Gasteiger partial charge >= 0.3 is 0 Å². The molecule has 78 valence electrons. The molecule has 13 heavy (non-hydrogen) atoms. The maximum Gasteiger partial charge on any atom is 0.0651 e. The van der Waals surface area contributed by atoms with Crippen LogP contribution in [0.4, 0.5) is 0 Å². The molecule has 1 fully saturated rings. The maximum atomic E-state index is 5.71. The van der Waals surface area contributed by atoms with Crippen LogP contribution in [0.2, 0.25) is 0 Å². The first-order chi connectivity index (χ1) is 5.94. The highest BCUT2D eigenvalue weighted by Crippen LogP contribution is 2.31. The molecular formula is C11H23NO. The third kappa shape index (κ3) is 2.68. The van der Waals surface area contributed by atoms with E-state index >= 15 is 0 Å². The second-order valence-corrected chi connectivity index (χ2v) is 5.05. The predicted octanol–water partition coefficient (Wildman–Crippen LogP) is 2.14. The molecule has 0 aromatic rings. The SMILES string of the molecule is CC1CN(C)C(C)(COC(C)C)C1. The van der Waals surface area contributed by atoms with Crippen LogP contribution in [0.1, 0.15) is 34.1 Å². The Labute approximate surface area is 82.3 Å². The fraction of sp³-hybridized carbons (Fsp3) is 1.00. The van der Waals surface area contributed by atoms with Crippen LogP contribution in [0.3, 0.4) is 0 Å². The molecule has 1 heterocycles. The van der Waals surface area contributed by atoms with Gasteiger partial charge in [-0.25, -0.2) is 0 Å². The number of hydrogen-bond acceptors (Lipinski definition) is 2. The van der Waals surface area contributed by atoms with Crippen molar-refractivity contribution in [1.29, 1.82) is 0 Å². The molecule has 1 saturated heterocycles. The first-order valence-corrected chi connectivity index (χ1v) is 5.27. The van der Waals surface area contributed by atoms with Crippen molar-refractivity contribution in [3.05, 3.63) is 0 Å². The van der Waals surface area contributed by atoms with Crippen LogP contribution in [0.15, 0.2) is 0 Å². The summed E-state index contributed by atoms with van der Waals surface area (Å²) in [5.41, 5.74) is 0.268. The minimum absolute atomic E-state index is 0.268. The lowest BCUT2D eigenvalue weighted by atomic mass is 9.96. The number of hydrogen-bond donors (Lipinski definition) is 0. The Morgan fingerprint density at radius 2 is 2.15 bits per heavy atom. The summed E-state index contributed by atoms with van der Waals surface area (Å²) in [7, 11) is 2.20. The Bertz CT molecular complexity index is 169. The van der Waals surface area contributed by atoms with Gasteiger partial charge in [-0.1, -0.05) is 6.92 Å². The molecule has 0 amide bonds. The molecule has 0 spiro atoms. The van der Waals surface area contributed by atoms with Crippen LogP contribution in [0.25, 0.3) is 0 Å². The summed E-state index contributed by atoms with van der Waals surface area (Å²) in [6.07, 6.45) is 1.61. The fourth-order valence-electron chi connectivity index (χ4n) is 2.17. The summed E-state index contributed by atoms with van der Waals surface area (Å²) in [5.74, 6) is 0.811. The molecule has 2 heteroatoms. The number of rotatable bonds is 3. The lowest BCUT2D eigenvalue weighted by Crippen LogP contribution is -2.43. The van der Waals surface area contributed by atoms with Crippen molar-refractivity contribution in [1.82, 2.24) is 4.90 Å². The molecule has 0 radical (unpaired) electrons. The monoisotopic (exact) mass is 185 g/mol. The van der Waals surface area contributed by atoms with Crippen molar-refractivity contribution < 1.29 is 4.74 Å². The Kier molecular flexibility index (Phi) is 3.36. The zero-order valence-corrected chi connectivity index (χ0v) is 9.63. The molecule has 0 N–H and O–H groups in total. The number of likely N-dealkylation sites (N-methyl/N-ethyl adjacent to an activating group) is 1. The summed E-state index contributed by atoms with van der Waals surface area (Å²) in [6, 6.07) is 0. The predicted molar refractivity (Wildman–Crippen MR) is 55.9 cm³/mol. The summed E-state index contributed by atoms with van der Waals surface area (Å²) < 4.78 is 5.71. The highest BCUT2D eigenvalue weighted by Gasteiger charge is 2.38. The standard InChI is InChI=1S/C11H23NO/c1-9(2)13-8-11(4)6-10(3)7-12(11)5/h9-10H,6-8H2,1-5H3. The average molecular weight is 185 g/mol. The van der Waals surface area contributed by atoms with Crippen molar-refractivity contribution in [2.45, 2.75) is 45.8 Å². The van der Waals surface area contributed by atoms with Gasteiger partial charge in [-0.3, -0.25) is 4.90 Å². The van der Waals surface area contributed by atoms with E-state index in [1.54, 1.807) is 0 Å². The van der Waals surface area contributed by atoms with Crippen LogP contribution in [0.5, 0.6) is 0 Å². The zero-order chi connectivity index (χ0) is 10.1. The maximum absolute atomic E-state index is 5.71. The molecule has 1 rings (SSSR count). The summed E-state index contributed by atoms with van der Waals surface area (Å²) >= 11 is 0. The Morgan fingerprint density at radius 1 is 1.54 bits per heavy atom. The molecule has 2 atom stereocenters. The van der Waals surface area contributed by atoms with Gasteiger partial charge in [0.1, 0.15) is 0 Å². The topological polar surface area (TPSA) is 12.5 Å². The van der Waals surface area contributed by atoms with E-state index < -0.39 is 0 Å². The van der Waals surface area contributed by atoms with Crippen molar-refractivity contribution >= 4 is 0 Å². The van der Waals surface area contributed by atoms with Gasteiger partial charge in [0.2, 0.25) is 0 Å². The quantitative estimate of drug-likeness (QED) is 0.668. The van der Waals surface area contributed by atoms with E-state index in [1.807, 2.05) is 0 Å². The molecular weight excluding hydrogens is 162 g/mol. The van der Waals surface area contributed by atoms with E-state index in [2.05, 4.69) is 39.6 Å². The second kappa shape index (κ2) is 3.97. The lowest BCUT2D eigenvalue weighted by Gasteiger charge is -2.32. The summed E-state index contributed by atoms with van der Waals surface area (Å²) in [4.78, 5) is 2.43. The summed E-state index contributed by atoms with van der Waals surface area (Å²) in [5, 5.41) is 0. The number of ether oxygens (including phenoxy) is 1. The second-order valence-electron chi connectivity index (χ2n) is 5.05. The first-order valence-electron chi connectivity index (χ1n) is 5.27. The number of nitrogens with zero attached hydrogens (tertiary/aromatic N) is 1. The molecule has 2 unspecified atom stereocenters. The molecule has 0 bridgehead atoms. The highest BCUT2D eigenvalue weighted by molar-refractivity contribution is 4.93. The Hall–Kier alpha value is -0.0800. The van der Waals surface area contributed by atoms with E-state index in [0.29, 0.717) is 6.10 Å². The third-order valence-corrected chi connectivity index (χ3v) is 3.02. The molecule has 1 aliphatic heterocycles. The summed E-state index contributed by atoms with van der Waals surface area (Å²) in [6.45, 7) is 10.9. The Balaban J connectivity index is 2.45. The molecule has 2 nitrogen and oxygen atoms in total. The molecule has 0 aromatic heterocycles. The largest absolute Gasteiger partial charge is 0.377 e. The van der Waals surface area contributed by atoms with Gasteiger partial charge in [-0.15, -0.1) is 0 Å². The van der Waals surface area contributed by atoms with Gasteiger partial charge in [0.05, 0.1) is 12.7 Å². The van der Waals surface area contributed by atoms with Crippen LogP contribution < -0.4 is 0 Å². The van der Waals surface area contributed by atoms with Crippen molar-refractivity contribution in [2.24, 2.45) is 5.92 Å². The van der Waals surface area contributed by atoms with E-state index in [1.165, 1.54) is 13.0 Å². The van der Waals surface area contributed by atoms with Crippen molar-refractivity contribution in [3.63, 3.8) is 0 Å². The smallest absolute Gasteiger partial charge is 0.0651 e. The van der Waals surface area contributed by atoms with E-state index in [-0.39, 0.29) is 5.54 Å². The van der Waals surface area contributed by atoms with Crippen LogP contribution in [-0.4, -0.2) is 36.7 Å². The minimum Gasteiger partial charge on any atom is -0.377 e. The molecule has 0 saturated carbocycles. The van der Waals surface area contributed by atoms with E-state index in [9.17, 15) is 0 Å². The molecule has 1 aliphatic rings. The third-order valence-electron chi connectivity index (χ3n) is 3.02. The molecule has 0 aromatic carbocycles. The fourth-order valence-corrected chi connectivity index (χ4v) is 2.17. The Morgan fingerprint density at radius 3 is 2.54 bits per heavy atom. The van der Waals surface area contributed by atoms with Crippen LogP contribution >= 0.6 is 0 Å². The van der Waals surface area contributed by atoms with Gasteiger partial charge in [0.25, 0.3) is 0 Å². The average Bonchev–Trinajstić information content (AvgIpc) is 2.23. The van der Waals surface area contributed by atoms with E-state index in [4.69, 9.17) is 4.74 Å². The highest BCUT2D eigenvalue weighted by atomic mass is 16.5. The number of likely N-dealkylation sites (tertiary alicyclic amines) is 1. The van der Waals surface area contributed by atoms with Gasteiger partial charge < -0.3 is 4.74 Å². The van der Waals surface area contributed by atoms with Crippen molar-refractivity contribution in [3.8, 4) is 0 Å². The van der Waals surface area contributed by atoms with Gasteiger partial charge in [0.15, 0.2) is 0 Å². The molecule has 0 aliphatic carbocycles. The van der Waals surface area contributed by atoms with Gasteiger partial charge in [0, 0.05) is 12.1 Å².